The highest BCUT2D eigenvalue weighted by molar-refractivity contribution is 5.81. The number of aromatic nitrogens is 8. The second-order valence-electron chi connectivity index (χ2n) is 8.27. The molecule has 1 aliphatic heterocycles. The summed E-state index contributed by atoms with van der Waals surface area (Å²) in [5.41, 5.74) is -1.34. The predicted molar refractivity (Wildman–Crippen MR) is 116 cm³/mol. The molecule has 0 bridgehead atoms. The van der Waals surface area contributed by atoms with Gasteiger partial charge in [-0.2, -0.15) is 0 Å². The first kappa shape index (κ1) is 20.8. The lowest BCUT2D eigenvalue weighted by Crippen LogP contribution is -2.37. The Bertz CT molecular complexity index is 1590. The van der Waals surface area contributed by atoms with E-state index < -0.39 is 34.6 Å². The Hall–Kier alpha value is -4.07. The van der Waals surface area contributed by atoms with Crippen LogP contribution in [0.3, 0.4) is 0 Å². The van der Waals surface area contributed by atoms with Crippen molar-refractivity contribution in [3.8, 4) is 0 Å². The smallest absolute Gasteiger partial charge is 0.332 e. The maximum atomic E-state index is 12.6. The summed E-state index contributed by atoms with van der Waals surface area (Å²) in [6.07, 6.45) is 0.232. The van der Waals surface area contributed by atoms with Crippen LogP contribution in [0.4, 0.5) is 0 Å². The normalized spacial score (nSPS) is 19.1. The number of Topliss-reactive ketones (excluding diaryl/α,β-unsaturated/α-hetero) is 1. The number of ketones is 1. The molecule has 1 saturated heterocycles. The van der Waals surface area contributed by atoms with Crippen LogP contribution in [0.2, 0.25) is 0 Å². The van der Waals surface area contributed by atoms with E-state index in [4.69, 9.17) is 0 Å². The van der Waals surface area contributed by atoms with Gasteiger partial charge < -0.3 is 9.97 Å². The van der Waals surface area contributed by atoms with Crippen molar-refractivity contribution in [2.75, 3.05) is 0 Å². The molecule has 4 aromatic rings. The Balaban J connectivity index is 1.58. The summed E-state index contributed by atoms with van der Waals surface area (Å²) in [5.74, 6) is 0.592. The van der Waals surface area contributed by atoms with E-state index in [0.29, 0.717) is 11.6 Å². The zero-order chi connectivity index (χ0) is 23.8. The van der Waals surface area contributed by atoms with Crippen molar-refractivity contribution in [2.45, 2.75) is 24.9 Å². The van der Waals surface area contributed by atoms with Gasteiger partial charge in [-0.25, -0.2) is 19.6 Å². The number of rotatable bonds is 2. The lowest BCUT2D eigenvalue weighted by Gasteiger charge is -2.27. The Morgan fingerprint density at radius 1 is 0.667 bits per heavy atom. The van der Waals surface area contributed by atoms with Crippen LogP contribution in [0.25, 0.3) is 22.3 Å². The molecular formula is C19H21N9O5. The highest BCUT2D eigenvalue weighted by Gasteiger charge is 2.33. The Kier molecular flexibility index (Phi) is 4.39. The molecule has 5 rings (SSSR count). The highest BCUT2D eigenvalue weighted by Crippen LogP contribution is 2.29. The fourth-order valence-corrected chi connectivity index (χ4v) is 4.27. The molecule has 0 radical (unpaired) electrons. The zero-order valence-electron chi connectivity index (χ0n) is 18.3. The molecule has 0 unspecified atom stereocenters. The molecule has 172 valence electrons. The van der Waals surface area contributed by atoms with Crippen LogP contribution in [0, 0.1) is 0 Å². The lowest BCUT2D eigenvalue weighted by atomic mass is 9.96. The van der Waals surface area contributed by atoms with Gasteiger partial charge >= 0.3 is 11.4 Å². The van der Waals surface area contributed by atoms with Crippen LogP contribution in [0.5, 0.6) is 0 Å². The molecule has 0 aromatic carbocycles. The van der Waals surface area contributed by atoms with Crippen LogP contribution < -0.4 is 27.8 Å². The molecule has 5 heterocycles. The van der Waals surface area contributed by atoms with Crippen molar-refractivity contribution in [1.29, 1.82) is 0 Å². The third-order valence-corrected chi connectivity index (χ3v) is 6.15. The highest BCUT2D eigenvalue weighted by atomic mass is 16.2. The third-order valence-electron chi connectivity index (χ3n) is 6.15. The average Bonchev–Trinajstić information content (AvgIpc) is 3.44. The standard InChI is InChI=1S/C19H21N9O5/c1-25-14-10(16(30)27(3)18(25)32)21-12(23-14)8-5-7(29)6-9(20-8)13-22-11-15(24-13)26(2)19(33)28(4)17(11)31/h8-9,20H,5-6H2,1-4H3,(H,21,23)(H,22,24)/t8-,9-/m0/s1. The van der Waals surface area contributed by atoms with E-state index in [1.165, 1.54) is 37.3 Å². The van der Waals surface area contributed by atoms with Gasteiger partial charge in [-0.1, -0.05) is 0 Å². The van der Waals surface area contributed by atoms with E-state index in [1.807, 2.05) is 0 Å². The molecule has 14 heteroatoms. The number of aryl methyl sites for hydroxylation is 2. The fraction of sp³-hybridized carbons (Fsp3) is 0.421. The maximum Gasteiger partial charge on any atom is 0.332 e. The van der Waals surface area contributed by atoms with Gasteiger partial charge in [0, 0.05) is 41.0 Å². The first-order valence-corrected chi connectivity index (χ1v) is 10.2. The quantitative estimate of drug-likeness (QED) is 0.310. The second kappa shape index (κ2) is 6.96. The third kappa shape index (κ3) is 2.94. The molecule has 4 aromatic heterocycles. The fourth-order valence-electron chi connectivity index (χ4n) is 4.27. The summed E-state index contributed by atoms with van der Waals surface area (Å²) < 4.78 is 4.47. The Morgan fingerprint density at radius 3 is 1.45 bits per heavy atom. The van der Waals surface area contributed by atoms with E-state index in [1.54, 1.807) is 0 Å². The minimum absolute atomic E-state index is 0.0757. The number of piperidine rings is 1. The molecule has 0 saturated carbocycles. The van der Waals surface area contributed by atoms with Crippen LogP contribution >= 0.6 is 0 Å². The molecule has 2 atom stereocenters. The van der Waals surface area contributed by atoms with E-state index >= 15 is 0 Å². The van der Waals surface area contributed by atoms with Crippen molar-refractivity contribution < 1.29 is 4.79 Å². The largest absolute Gasteiger partial charge is 0.335 e. The van der Waals surface area contributed by atoms with E-state index in [9.17, 15) is 24.0 Å². The number of H-pyrrole nitrogens is 2. The van der Waals surface area contributed by atoms with Crippen molar-refractivity contribution in [3.63, 3.8) is 0 Å². The predicted octanol–water partition coefficient (Wildman–Crippen LogP) is -2.03. The molecule has 1 fully saturated rings. The van der Waals surface area contributed by atoms with Gasteiger partial charge in [-0.3, -0.25) is 38.0 Å². The van der Waals surface area contributed by atoms with E-state index in [2.05, 4.69) is 25.3 Å². The summed E-state index contributed by atoms with van der Waals surface area (Å²) in [7, 11) is 5.77. The van der Waals surface area contributed by atoms with Gasteiger partial charge in [0.05, 0.1) is 12.1 Å². The Labute approximate surface area is 183 Å². The molecular weight excluding hydrogens is 434 g/mol. The van der Waals surface area contributed by atoms with Crippen molar-refractivity contribution >= 4 is 28.1 Å². The summed E-state index contributed by atoms with van der Waals surface area (Å²) >= 11 is 0. The average molecular weight is 455 g/mol. The summed E-state index contributed by atoms with van der Waals surface area (Å²) in [5, 5.41) is 3.27. The Morgan fingerprint density at radius 2 is 1.06 bits per heavy atom. The van der Waals surface area contributed by atoms with Gasteiger partial charge in [-0.15, -0.1) is 0 Å². The number of nitrogens with zero attached hydrogens (tertiary/aromatic N) is 6. The SMILES string of the molecule is Cn1c(=O)c2[nH]c([C@@H]3CC(=O)C[C@@H](c4nc5c([nH]4)c(=O)n(C)c(=O)n5C)N3)nc2n(C)c1=O. The number of imidazole rings is 2. The minimum Gasteiger partial charge on any atom is -0.335 e. The first-order chi connectivity index (χ1) is 15.6. The number of fused-ring (bicyclic) bond motifs is 2. The molecule has 1 aliphatic rings. The monoisotopic (exact) mass is 455 g/mol. The summed E-state index contributed by atoms with van der Waals surface area (Å²) in [4.78, 5) is 76.7. The molecule has 3 N–H and O–H groups in total. The van der Waals surface area contributed by atoms with Crippen LogP contribution in [0.1, 0.15) is 36.6 Å². The molecule has 14 nitrogen and oxygen atoms in total. The second-order valence-corrected chi connectivity index (χ2v) is 8.27. The number of aromatic amines is 2. The van der Waals surface area contributed by atoms with Gasteiger partial charge in [0.15, 0.2) is 11.3 Å². The maximum absolute atomic E-state index is 12.6. The number of hydrogen-bond donors (Lipinski definition) is 3. The summed E-state index contributed by atoms with van der Waals surface area (Å²) in [6, 6.07) is -1.16. The molecule has 0 spiro atoms. The van der Waals surface area contributed by atoms with Gasteiger partial charge in [0.2, 0.25) is 0 Å². The number of hydrogen-bond acceptors (Lipinski definition) is 8. The van der Waals surface area contributed by atoms with Crippen molar-refractivity contribution in [3.05, 3.63) is 53.3 Å². The van der Waals surface area contributed by atoms with Crippen molar-refractivity contribution in [1.82, 2.24) is 43.5 Å². The van der Waals surface area contributed by atoms with E-state index in [0.717, 1.165) is 9.13 Å². The molecule has 33 heavy (non-hydrogen) atoms. The van der Waals surface area contributed by atoms with Gasteiger partial charge in [0.1, 0.15) is 28.5 Å². The van der Waals surface area contributed by atoms with Crippen LogP contribution in [-0.4, -0.2) is 44.0 Å². The van der Waals surface area contributed by atoms with Gasteiger partial charge in [0.25, 0.3) is 11.1 Å². The number of carbonyl (C=O) groups is 1. The van der Waals surface area contributed by atoms with Gasteiger partial charge in [-0.05, 0) is 0 Å². The topological polar surface area (TPSA) is 174 Å². The van der Waals surface area contributed by atoms with E-state index in [-0.39, 0.29) is 41.0 Å². The molecule has 0 aliphatic carbocycles. The zero-order valence-corrected chi connectivity index (χ0v) is 18.3. The first-order valence-electron chi connectivity index (χ1n) is 10.2. The lowest BCUT2D eigenvalue weighted by molar-refractivity contribution is -0.121. The summed E-state index contributed by atoms with van der Waals surface area (Å²) in [6.45, 7) is 0. The van der Waals surface area contributed by atoms with Crippen LogP contribution in [0.15, 0.2) is 19.2 Å². The number of nitrogens with one attached hydrogen (secondary N) is 3. The van der Waals surface area contributed by atoms with Crippen LogP contribution in [-0.2, 0) is 33.0 Å². The van der Waals surface area contributed by atoms with Crippen molar-refractivity contribution in [2.24, 2.45) is 28.2 Å². The number of carbonyl (C=O) groups excluding carboxylic acids is 1. The molecule has 0 amide bonds. The minimum atomic E-state index is -0.580.